The molecule has 1 heterocycles. The maximum atomic E-state index is 11.9. The molecule has 1 amide bonds. The van der Waals surface area contributed by atoms with Crippen molar-refractivity contribution in [1.82, 2.24) is 4.90 Å². The number of aliphatic imine (C=N–C) groups is 1. The summed E-state index contributed by atoms with van der Waals surface area (Å²) in [5, 5.41) is 0. The number of benzene rings is 1. The van der Waals surface area contributed by atoms with Gasteiger partial charge in [0.2, 0.25) is 5.91 Å². The summed E-state index contributed by atoms with van der Waals surface area (Å²) in [7, 11) is 0. The molecule has 0 N–H and O–H groups in total. The molecule has 3 heteroatoms. The lowest BCUT2D eigenvalue weighted by Crippen LogP contribution is -2.39. The van der Waals surface area contributed by atoms with Gasteiger partial charge in [0.05, 0.1) is 12.5 Å². The van der Waals surface area contributed by atoms with E-state index in [9.17, 15) is 4.79 Å². The van der Waals surface area contributed by atoms with Crippen LogP contribution in [0.2, 0.25) is 0 Å². The van der Waals surface area contributed by atoms with Crippen LogP contribution < -0.4 is 0 Å². The highest BCUT2D eigenvalue weighted by molar-refractivity contribution is 5.99. The van der Waals surface area contributed by atoms with Crippen LogP contribution in [-0.4, -0.2) is 23.2 Å². The average Bonchev–Trinajstić information content (AvgIpc) is 2.30. The number of hydrogen-bond donors (Lipinski definition) is 0. The zero-order valence-electron chi connectivity index (χ0n) is 9.68. The summed E-state index contributed by atoms with van der Waals surface area (Å²) in [4.78, 5) is 18.2. The maximum absolute atomic E-state index is 11.9. The summed E-state index contributed by atoms with van der Waals surface area (Å²) in [6.45, 7) is 4.58. The minimum absolute atomic E-state index is 0.00324. The Hall–Kier alpha value is -1.64. The molecule has 0 saturated carbocycles. The Balaban J connectivity index is 2.27. The van der Waals surface area contributed by atoms with E-state index in [1.54, 1.807) is 4.90 Å². The molecule has 1 aromatic carbocycles. The molecule has 1 aliphatic heterocycles. The first-order valence-electron chi connectivity index (χ1n) is 5.62. The monoisotopic (exact) mass is 216 g/mol. The molecule has 0 bridgehead atoms. The quantitative estimate of drug-likeness (QED) is 0.747. The molecule has 0 saturated heterocycles. The Morgan fingerprint density at radius 1 is 1.38 bits per heavy atom. The largest absolute Gasteiger partial charge is 0.301 e. The lowest BCUT2D eigenvalue weighted by Gasteiger charge is -2.28. The van der Waals surface area contributed by atoms with Crippen molar-refractivity contribution in [3.05, 3.63) is 35.9 Å². The SMILES string of the molecule is CCN1C(=O)CC(c2ccccc2)N=C1C. The van der Waals surface area contributed by atoms with Gasteiger partial charge in [-0.15, -0.1) is 0 Å². The molecular weight excluding hydrogens is 200 g/mol. The van der Waals surface area contributed by atoms with Gasteiger partial charge >= 0.3 is 0 Å². The molecule has 1 aliphatic rings. The summed E-state index contributed by atoms with van der Waals surface area (Å²) in [6, 6.07) is 9.99. The van der Waals surface area contributed by atoms with E-state index in [1.165, 1.54) is 0 Å². The van der Waals surface area contributed by atoms with Crippen molar-refractivity contribution in [2.45, 2.75) is 26.3 Å². The van der Waals surface area contributed by atoms with Crippen molar-refractivity contribution in [3.63, 3.8) is 0 Å². The van der Waals surface area contributed by atoms with Crippen molar-refractivity contribution < 1.29 is 4.79 Å². The van der Waals surface area contributed by atoms with Crippen LogP contribution in [0.5, 0.6) is 0 Å². The van der Waals surface area contributed by atoms with Gasteiger partial charge < -0.3 is 4.90 Å². The summed E-state index contributed by atoms with van der Waals surface area (Å²) in [6.07, 6.45) is 0.481. The third kappa shape index (κ3) is 1.98. The van der Waals surface area contributed by atoms with E-state index >= 15 is 0 Å². The highest BCUT2D eigenvalue weighted by Gasteiger charge is 2.25. The molecule has 1 aromatic rings. The van der Waals surface area contributed by atoms with E-state index in [0.717, 1.165) is 11.4 Å². The topological polar surface area (TPSA) is 32.7 Å². The van der Waals surface area contributed by atoms with Gasteiger partial charge in [-0.3, -0.25) is 9.79 Å². The zero-order valence-corrected chi connectivity index (χ0v) is 9.68. The second-order valence-corrected chi connectivity index (χ2v) is 3.94. The fourth-order valence-corrected chi connectivity index (χ4v) is 2.07. The Bertz CT molecular complexity index is 411. The highest BCUT2D eigenvalue weighted by atomic mass is 16.2. The minimum Gasteiger partial charge on any atom is -0.301 e. The van der Waals surface area contributed by atoms with Gasteiger partial charge in [-0.05, 0) is 19.4 Å². The van der Waals surface area contributed by atoms with Crippen LogP contribution in [0.1, 0.15) is 31.9 Å². The highest BCUT2D eigenvalue weighted by Crippen LogP contribution is 2.26. The number of carbonyl (C=O) groups is 1. The van der Waals surface area contributed by atoms with Gasteiger partial charge in [-0.2, -0.15) is 0 Å². The predicted molar refractivity (Wildman–Crippen MR) is 64.3 cm³/mol. The summed E-state index contributed by atoms with van der Waals surface area (Å²) in [5.41, 5.74) is 1.12. The summed E-state index contributed by atoms with van der Waals surface area (Å²) in [5.74, 6) is 0.997. The van der Waals surface area contributed by atoms with E-state index in [1.807, 2.05) is 44.2 Å². The third-order valence-electron chi connectivity index (χ3n) is 2.90. The first-order valence-corrected chi connectivity index (χ1v) is 5.62. The van der Waals surface area contributed by atoms with Crippen molar-refractivity contribution in [3.8, 4) is 0 Å². The van der Waals surface area contributed by atoms with E-state index in [2.05, 4.69) is 4.99 Å². The van der Waals surface area contributed by atoms with Gasteiger partial charge in [-0.1, -0.05) is 30.3 Å². The van der Waals surface area contributed by atoms with Crippen LogP contribution in [0.15, 0.2) is 35.3 Å². The standard InChI is InChI=1S/C13H16N2O/c1-3-15-10(2)14-12(9-13(15)16)11-7-5-4-6-8-11/h4-8,12H,3,9H2,1-2H3. The van der Waals surface area contributed by atoms with E-state index in [-0.39, 0.29) is 11.9 Å². The normalized spacial score (nSPS) is 20.9. The number of hydrogen-bond acceptors (Lipinski definition) is 2. The van der Waals surface area contributed by atoms with Crippen molar-refractivity contribution in [2.75, 3.05) is 6.54 Å². The smallest absolute Gasteiger partial charge is 0.230 e. The number of amides is 1. The fraction of sp³-hybridized carbons (Fsp3) is 0.385. The molecule has 0 aliphatic carbocycles. The van der Waals surface area contributed by atoms with Crippen LogP contribution >= 0.6 is 0 Å². The summed E-state index contributed by atoms with van der Waals surface area (Å²) < 4.78 is 0. The molecule has 0 spiro atoms. The van der Waals surface area contributed by atoms with Gasteiger partial charge in [0.25, 0.3) is 0 Å². The van der Waals surface area contributed by atoms with Gasteiger partial charge in [0.1, 0.15) is 5.84 Å². The van der Waals surface area contributed by atoms with E-state index in [0.29, 0.717) is 13.0 Å². The summed E-state index contributed by atoms with van der Waals surface area (Å²) >= 11 is 0. The van der Waals surface area contributed by atoms with Crippen LogP contribution in [0, 0.1) is 0 Å². The Morgan fingerprint density at radius 2 is 2.06 bits per heavy atom. The third-order valence-corrected chi connectivity index (χ3v) is 2.90. The second kappa shape index (κ2) is 4.47. The molecule has 1 atom stereocenters. The Morgan fingerprint density at radius 3 is 2.62 bits per heavy atom. The van der Waals surface area contributed by atoms with Crippen molar-refractivity contribution in [1.29, 1.82) is 0 Å². The van der Waals surface area contributed by atoms with E-state index in [4.69, 9.17) is 0 Å². The van der Waals surface area contributed by atoms with Crippen LogP contribution in [0.3, 0.4) is 0 Å². The molecule has 0 aromatic heterocycles. The number of rotatable bonds is 2. The molecule has 0 radical (unpaired) electrons. The second-order valence-electron chi connectivity index (χ2n) is 3.94. The van der Waals surface area contributed by atoms with Crippen LogP contribution in [0.25, 0.3) is 0 Å². The number of amidine groups is 1. The van der Waals surface area contributed by atoms with Crippen LogP contribution in [-0.2, 0) is 4.79 Å². The van der Waals surface area contributed by atoms with Crippen molar-refractivity contribution in [2.24, 2.45) is 4.99 Å². The molecule has 2 rings (SSSR count). The first kappa shape index (κ1) is 10.9. The predicted octanol–water partition coefficient (Wildman–Crippen LogP) is 2.40. The Labute approximate surface area is 95.8 Å². The number of carbonyl (C=O) groups excluding carboxylic acids is 1. The molecular formula is C13H16N2O. The maximum Gasteiger partial charge on any atom is 0.230 e. The minimum atomic E-state index is -0.00324. The zero-order chi connectivity index (χ0) is 11.5. The Kier molecular flexibility index (Phi) is 3.04. The fourth-order valence-electron chi connectivity index (χ4n) is 2.07. The lowest BCUT2D eigenvalue weighted by molar-refractivity contribution is -0.128. The first-order chi connectivity index (χ1) is 7.72. The number of nitrogens with zero attached hydrogens (tertiary/aromatic N) is 2. The molecule has 0 fully saturated rings. The van der Waals surface area contributed by atoms with Gasteiger partial charge in [-0.25, -0.2) is 0 Å². The average molecular weight is 216 g/mol. The molecule has 16 heavy (non-hydrogen) atoms. The van der Waals surface area contributed by atoms with E-state index < -0.39 is 0 Å². The molecule has 1 unspecified atom stereocenters. The lowest BCUT2D eigenvalue weighted by atomic mass is 10.0. The van der Waals surface area contributed by atoms with Crippen molar-refractivity contribution >= 4 is 11.7 Å². The molecule has 84 valence electrons. The van der Waals surface area contributed by atoms with Crippen LogP contribution in [0.4, 0.5) is 0 Å². The van der Waals surface area contributed by atoms with Gasteiger partial charge in [0.15, 0.2) is 0 Å². The van der Waals surface area contributed by atoms with Gasteiger partial charge in [0, 0.05) is 6.54 Å². The molecule has 3 nitrogen and oxygen atoms in total.